The lowest BCUT2D eigenvalue weighted by atomic mass is 9.95. The van der Waals surface area contributed by atoms with Crippen molar-refractivity contribution in [1.29, 1.82) is 0 Å². The molecule has 0 spiro atoms. The van der Waals surface area contributed by atoms with Crippen molar-refractivity contribution in [2.75, 3.05) is 6.54 Å². The first-order valence-electron chi connectivity index (χ1n) is 6.77. The van der Waals surface area contributed by atoms with Crippen LogP contribution in [0.5, 0.6) is 0 Å². The van der Waals surface area contributed by atoms with Crippen LogP contribution in [0, 0.1) is 0 Å². The Kier molecular flexibility index (Phi) is 4.48. The third-order valence-corrected chi connectivity index (χ3v) is 3.92. The molecule has 104 valence electrons. The fraction of sp³-hybridized carbons (Fsp3) is 0.533. The lowest BCUT2D eigenvalue weighted by Crippen LogP contribution is -2.35. The maximum absolute atomic E-state index is 12.3. The van der Waals surface area contributed by atoms with E-state index in [0.717, 1.165) is 24.8 Å². The van der Waals surface area contributed by atoms with Gasteiger partial charge in [-0.05, 0) is 50.3 Å². The van der Waals surface area contributed by atoms with Crippen LogP contribution in [0.3, 0.4) is 0 Å². The Hall–Kier alpha value is -1.06. The predicted octanol–water partition coefficient (Wildman–Crippen LogP) is 2.65. The number of hydrogen-bond donors (Lipinski definition) is 2. The van der Waals surface area contributed by atoms with Gasteiger partial charge in [-0.1, -0.05) is 23.7 Å². The van der Waals surface area contributed by atoms with E-state index >= 15 is 0 Å². The Bertz CT molecular complexity index is 438. The van der Waals surface area contributed by atoms with Gasteiger partial charge in [0.25, 0.3) is 0 Å². The zero-order valence-electron chi connectivity index (χ0n) is 11.2. The SMILES string of the molecule is CC(O)CCCNC(=O)C1(c2ccc(Cl)cc2)CC1. The summed E-state index contributed by atoms with van der Waals surface area (Å²) in [6.07, 6.45) is 3.02. The third kappa shape index (κ3) is 3.48. The number of carbonyl (C=O) groups excluding carboxylic acids is 1. The molecular weight excluding hydrogens is 262 g/mol. The average Bonchev–Trinajstić information content (AvgIpc) is 3.16. The second kappa shape index (κ2) is 5.93. The van der Waals surface area contributed by atoms with E-state index in [4.69, 9.17) is 16.7 Å². The topological polar surface area (TPSA) is 49.3 Å². The van der Waals surface area contributed by atoms with Crippen molar-refractivity contribution in [2.45, 2.75) is 44.1 Å². The summed E-state index contributed by atoms with van der Waals surface area (Å²) in [5.74, 6) is 0.0976. The number of nitrogens with one attached hydrogen (secondary N) is 1. The molecule has 1 aliphatic rings. The molecule has 1 fully saturated rings. The van der Waals surface area contributed by atoms with E-state index in [1.165, 1.54) is 0 Å². The molecular formula is C15H20ClNO2. The summed E-state index contributed by atoms with van der Waals surface area (Å²) in [4.78, 5) is 12.3. The molecule has 1 aliphatic carbocycles. The van der Waals surface area contributed by atoms with Gasteiger partial charge in [0.1, 0.15) is 0 Å². The van der Waals surface area contributed by atoms with Gasteiger partial charge in [-0.3, -0.25) is 4.79 Å². The number of aliphatic hydroxyl groups is 1. The highest BCUT2D eigenvalue weighted by Gasteiger charge is 2.50. The zero-order valence-corrected chi connectivity index (χ0v) is 11.9. The molecule has 1 aromatic carbocycles. The number of benzene rings is 1. The highest BCUT2D eigenvalue weighted by molar-refractivity contribution is 6.30. The van der Waals surface area contributed by atoms with Crippen LogP contribution in [0.25, 0.3) is 0 Å². The van der Waals surface area contributed by atoms with E-state index < -0.39 is 0 Å². The average molecular weight is 282 g/mol. The number of hydrogen-bond acceptors (Lipinski definition) is 2. The molecule has 0 aromatic heterocycles. The summed E-state index contributed by atoms with van der Waals surface area (Å²) in [7, 11) is 0. The Labute approximate surface area is 119 Å². The van der Waals surface area contributed by atoms with Crippen molar-refractivity contribution in [1.82, 2.24) is 5.32 Å². The minimum absolute atomic E-state index is 0.0976. The van der Waals surface area contributed by atoms with Gasteiger partial charge < -0.3 is 10.4 Å². The van der Waals surface area contributed by atoms with Crippen LogP contribution < -0.4 is 5.32 Å². The van der Waals surface area contributed by atoms with Crippen LogP contribution in [0.15, 0.2) is 24.3 Å². The number of amides is 1. The minimum atomic E-state index is -0.338. The fourth-order valence-electron chi connectivity index (χ4n) is 2.31. The van der Waals surface area contributed by atoms with Crippen LogP contribution in [-0.4, -0.2) is 23.7 Å². The monoisotopic (exact) mass is 281 g/mol. The van der Waals surface area contributed by atoms with E-state index in [0.29, 0.717) is 18.0 Å². The Balaban J connectivity index is 1.89. The molecule has 0 heterocycles. The molecule has 0 aliphatic heterocycles. The van der Waals surface area contributed by atoms with Gasteiger partial charge in [0.15, 0.2) is 0 Å². The molecule has 1 amide bonds. The molecule has 0 saturated heterocycles. The highest BCUT2D eigenvalue weighted by Crippen LogP contribution is 2.48. The van der Waals surface area contributed by atoms with Gasteiger partial charge in [0, 0.05) is 11.6 Å². The zero-order chi connectivity index (χ0) is 13.9. The molecule has 1 aromatic rings. The van der Waals surface area contributed by atoms with Gasteiger partial charge in [0.2, 0.25) is 5.91 Å². The van der Waals surface area contributed by atoms with Crippen LogP contribution in [0.4, 0.5) is 0 Å². The van der Waals surface area contributed by atoms with Gasteiger partial charge in [-0.15, -0.1) is 0 Å². The van der Waals surface area contributed by atoms with Crippen molar-refractivity contribution in [3.63, 3.8) is 0 Å². The van der Waals surface area contributed by atoms with Gasteiger partial charge in [0.05, 0.1) is 11.5 Å². The van der Waals surface area contributed by atoms with Crippen molar-refractivity contribution in [3.8, 4) is 0 Å². The molecule has 0 radical (unpaired) electrons. The molecule has 0 bridgehead atoms. The van der Waals surface area contributed by atoms with Crippen LogP contribution >= 0.6 is 11.6 Å². The molecule has 1 unspecified atom stereocenters. The predicted molar refractivity (Wildman–Crippen MR) is 76.3 cm³/mol. The van der Waals surface area contributed by atoms with Crippen molar-refractivity contribution >= 4 is 17.5 Å². The lowest BCUT2D eigenvalue weighted by Gasteiger charge is -2.16. The molecule has 2 N–H and O–H groups in total. The highest BCUT2D eigenvalue weighted by atomic mass is 35.5. The van der Waals surface area contributed by atoms with E-state index in [-0.39, 0.29) is 17.4 Å². The van der Waals surface area contributed by atoms with E-state index in [2.05, 4.69) is 5.32 Å². The maximum atomic E-state index is 12.3. The standard InChI is InChI=1S/C15H20ClNO2/c1-11(18)3-2-10-17-14(19)15(8-9-15)12-4-6-13(16)7-5-12/h4-7,11,18H,2-3,8-10H2,1H3,(H,17,19). The minimum Gasteiger partial charge on any atom is -0.393 e. The van der Waals surface area contributed by atoms with E-state index in [1.807, 2.05) is 24.3 Å². The molecule has 4 heteroatoms. The molecule has 19 heavy (non-hydrogen) atoms. The van der Waals surface area contributed by atoms with Crippen LogP contribution in [-0.2, 0) is 10.2 Å². The first-order chi connectivity index (χ1) is 9.04. The second-order valence-electron chi connectivity index (χ2n) is 5.34. The lowest BCUT2D eigenvalue weighted by molar-refractivity contribution is -0.123. The Morgan fingerprint density at radius 3 is 2.58 bits per heavy atom. The summed E-state index contributed by atoms with van der Waals surface area (Å²) in [6, 6.07) is 7.53. The molecule has 3 nitrogen and oxygen atoms in total. The number of aliphatic hydroxyl groups excluding tert-OH is 1. The van der Waals surface area contributed by atoms with Crippen molar-refractivity contribution in [3.05, 3.63) is 34.9 Å². The number of rotatable bonds is 6. The van der Waals surface area contributed by atoms with Crippen LogP contribution in [0.1, 0.15) is 38.2 Å². The van der Waals surface area contributed by atoms with Gasteiger partial charge >= 0.3 is 0 Å². The van der Waals surface area contributed by atoms with E-state index in [1.54, 1.807) is 6.92 Å². The smallest absolute Gasteiger partial charge is 0.230 e. The van der Waals surface area contributed by atoms with Crippen molar-refractivity contribution < 1.29 is 9.90 Å². The summed E-state index contributed by atoms with van der Waals surface area (Å²) >= 11 is 5.87. The normalized spacial score (nSPS) is 17.8. The first-order valence-corrected chi connectivity index (χ1v) is 7.15. The summed E-state index contributed by atoms with van der Waals surface area (Å²) in [5, 5.41) is 12.8. The fourth-order valence-corrected chi connectivity index (χ4v) is 2.44. The summed E-state index contributed by atoms with van der Waals surface area (Å²) in [6.45, 7) is 2.39. The molecule has 1 saturated carbocycles. The Morgan fingerprint density at radius 2 is 2.05 bits per heavy atom. The maximum Gasteiger partial charge on any atom is 0.230 e. The molecule has 2 rings (SSSR count). The Morgan fingerprint density at radius 1 is 1.42 bits per heavy atom. The van der Waals surface area contributed by atoms with Gasteiger partial charge in [-0.25, -0.2) is 0 Å². The number of halogens is 1. The van der Waals surface area contributed by atoms with Crippen molar-refractivity contribution in [2.24, 2.45) is 0 Å². The largest absolute Gasteiger partial charge is 0.393 e. The molecule has 1 atom stereocenters. The van der Waals surface area contributed by atoms with Crippen LogP contribution in [0.2, 0.25) is 5.02 Å². The second-order valence-corrected chi connectivity index (χ2v) is 5.77. The quantitative estimate of drug-likeness (QED) is 0.788. The first kappa shape index (κ1) is 14.4. The number of carbonyl (C=O) groups is 1. The summed E-state index contributed by atoms with van der Waals surface area (Å²) < 4.78 is 0. The van der Waals surface area contributed by atoms with Gasteiger partial charge in [-0.2, -0.15) is 0 Å². The van der Waals surface area contributed by atoms with E-state index in [9.17, 15) is 4.79 Å². The third-order valence-electron chi connectivity index (χ3n) is 3.67. The summed E-state index contributed by atoms with van der Waals surface area (Å²) in [5.41, 5.74) is 0.708.